The predicted octanol–water partition coefficient (Wildman–Crippen LogP) is 3.98. The van der Waals surface area contributed by atoms with Gasteiger partial charge in [0.1, 0.15) is 4.90 Å². The highest BCUT2D eigenvalue weighted by Crippen LogP contribution is 2.27. The van der Waals surface area contributed by atoms with Crippen LogP contribution in [-0.2, 0) is 16.5 Å². The molecule has 0 unspecified atom stereocenters. The van der Waals surface area contributed by atoms with Crippen molar-refractivity contribution in [3.8, 4) is 5.75 Å². The van der Waals surface area contributed by atoms with E-state index in [0.29, 0.717) is 4.47 Å². The molecule has 0 bridgehead atoms. The van der Waals surface area contributed by atoms with Gasteiger partial charge in [-0.15, -0.1) is 0 Å². The van der Waals surface area contributed by atoms with Crippen LogP contribution in [0.5, 0.6) is 5.75 Å². The van der Waals surface area contributed by atoms with Crippen LogP contribution in [0.1, 0.15) is 29.8 Å². The quantitative estimate of drug-likeness (QED) is 0.579. The van der Waals surface area contributed by atoms with E-state index in [1.807, 2.05) is 6.92 Å². The summed E-state index contributed by atoms with van der Waals surface area (Å²) in [6.07, 6.45) is 0.822. The molecule has 0 fully saturated rings. The van der Waals surface area contributed by atoms with Crippen molar-refractivity contribution in [1.82, 2.24) is 0 Å². The average molecular weight is 383 g/mol. The molecule has 22 heavy (non-hydrogen) atoms. The van der Waals surface area contributed by atoms with Crippen molar-refractivity contribution in [2.75, 3.05) is 0 Å². The second-order valence-corrected chi connectivity index (χ2v) is 7.19. The molecule has 0 saturated heterocycles. The molecule has 0 aliphatic heterocycles. The summed E-state index contributed by atoms with van der Waals surface area (Å²) < 4.78 is 30.4. The summed E-state index contributed by atoms with van der Waals surface area (Å²) in [5.74, 6) is -0.247. The minimum Gasteiger partial charge on any atom is -0.378 e. The van der Waals surface area contributed by atoms with Crippen molar-refractivity contribution in [2.45, 2.75) is 25.2 Å². The molecule has 0 atom stereocenters. The van der Waals surface area contributed by atoms with E-state index in [2.05, 4.69) is 15.9 Å². The van der Waals surface area contributed by atoms with Crippen LogP contribution in [0.2, 0.25) is 0 Å². The smallest absolute Gasteiger partial charge is 0.339 e. The molecule has 116 valence electrons. The van der Waals surface area contributed by atoms with Gasteiger partial charge in [0.05, 0.1) is 5.56 Å². The third-order valence-corrected chi connectivity index (χ3v) is 4.88. The normalized spacial score (nSPS) is 11.2. The molecular formula is C16H15BrO4S. The first-order valence-electron chi connectivity index (χ1n) is 6.67. The molecule has 2 rings (SSSR count). The number of Topliss-reactive ketones (excluding diaryl/α,β-unsaturated/α-hetero) is 1. The number of carbonyl (C=O) groups excluding carboxylic acids is 1. The van der Waals surface area contributed by atoms with E-state index in [1.165, 1.54) is 31.2 Å². The van der Waals surface area contributed by atoms with E-state index in [-0.39, 0.29) is 22.0 Å². The van der Waals surface area contributed by atoms with Gasteiger partial charge in [-0.2, -0.15) is 8.42 Å². The van der Waals surface area contributed by atoms with Crippen molar-refractivity contribution < 1.29 is 17.4 Å². The number of ketones is 1. The number of rotatable bonds is 5. The highest BCUT2D eigenvalue weighted by Gasteiger charge is 2.20. The van der Waals surface area contributed by atoms with Crippen LogP contribution < -0.4 is 4.18 Å². The fourth-order valence-electron chi connectivity index (χ4n) is 1.91. The third kappa shape index (κ3) is 3.75. The molecule has 4 nitrogen and oxygen atoms in total. The van der Waals surface area contributed by atoms with Crippen LogP contribution in [0.25, 0.3) is 0 Å². The Bertz CT molecular complexity index is 795. The van der Waals surface area contributed by atoms with Gasteiger partial charge in [-0.1, -0.05) is 35.0 Å². The molecule has 0 saturated carbocycles. The lowest BCUT2D eigenvalue weighted by molar-refractivity contribution is 0.101. The average Bonchev–Trinajstić information content (AvgIpc) is 2.48. The van der Waals surface area contributed by atoms with Gasteiger partial charge in [0.2, 0.25) is 0 Å². The van der Waals surface area contributed by atoms with E-state index < -0.39 is 10.1 Å². The van der Waals surface area contributed by atoms with E-state index in [9.17, 15) is 13.2 Å². The lowest BCUT2D eigenvalue weighted by atomic mass is 10.1. The summed E-state index contributed by atoms with van der Waals surface area (Å²) in [7, 11) is -3.97. The SMILES string of the molecule is CCc1ccc(S(=O)(=O)Oc2ccc(Br)cc2C(C)=O)cc1. The highest BCUT2D eigenvalue weighted by atomic mass is 79.9. The van der Waals surface area contributed by atoms with Crippen LogP contribution in [0.3, 0.4) is 0 Å². The largest absolute Gasteiger partial charge is 0.378 e. The number of carbonyl (C=O) groups is 1. The number of hydrogen-bond donors (Lipinski definition) is 0. The zero-order chi connectivity index (χ0) is 16.3. The Morgan fingerprint density at radius 1 is 1.14 bits per heavy atom. The van der Waals surface area contributed by atoms with Gasteiger partial charge in [-0.3, -0.25) is 4.79 Å². The fourth-order valence-corrected chi connectivity index (χ4v) is 3.22. The molecule has 6 heteroatoms. The van der Waals surface area contributed by atoms with Gasteiger partial charge < -0.3 is 4.18 Å². The summed E-state index contributed by atoms with van der Waals surface area (Å²) in [6, 6.07) is 11.1. The molecule has 0 N–H and O–H groups in total. The van der Waals surface area contributed by atoms with Crippen LogP contribution in [0, 0.1) is 0 Å². The summed E-state index contributed by atoms with van der Waals surface area (Å²) >= 11 is 3.25. The Labute approximate surface area is 138 Å². The second kappa shape index (κ2) is 6.62. The van der Waals surface area contributed by atoms with Gasteiger partial charge in [-0.05, 0) is 49.2 Å². The first-order valence-corrected chi connectivity index (χ1v) is 8.87. The number of aryl methyl sites for hydroxylation is 1. The summed E-state index contributed by atoms with van der Waals surface area (Å²) in [4.78, 5) is 11.7. The fraction of sp³-hybridized carbons (Fsp3) is 0.188. The Morgan fingerprint density at radius 2 is 1.77 bits per heavy atom. The maximum atomic E-state index is 12.3. The summed E-state index contributed by atoms with van der Waals surface area (Å²) in [6.45, 7) is 3.35. The number of benzene rings is 2. The van der Waals surface area contributed by atoms with E-state index in [1.54, 1.807) is 18.2 Å². The molecule has 0 spiro atoms. The zero-order valence-electron chi connectivity index (χ0n) is 12.2. The molecule has 0 amide bonds. The molecule has 0 radical (unpaired) electrons. The molecule has 0 aliphatic rings. The third-order valence-electron chi connectivity index (χ3n) is 3.14. The molecular weight excluding hydrogens is 368 g/mol. The van der Waals surface area contributed by atoms with E-state index in [0.717, 1.165) is 12.0 Å². The molecule has 2 aromatic rings. The maximum Gasteiger partial charge on any atom is 0.339 e. The van der Waals surface area contributed by atoms with Gasteiger partial charge in [-0.25, -0.2) is 0 Å². The molecule has 2 aromatic carbocycles. The van der Waals surface area contributed by atoms with Crippen LogP contribution in [-0.4, -0.2) is 14.2 Å². The highest BCUT2D eigenvalue weighted by molar-refractivity contribution is 9.10. The minimum atomic E-state index is -3.97. The monoisotopic (exact) mass is 382 g/mol. The molecule has 0 aliphatic carbocycles. The zero-order valence-corrected chi connectivity index (χ0v) is 14.6. The van der Waals surface area contributed by atoms with Gasteiger partial charge in [0.15, 0.2) is 11.5 Å². The van der Waals surface area contributed by atoms with Crippen molar-refractivity contribution in [3.05, 3.63) is 58.1 Å². The van der Waals surface area contributed by atoms with Crippen molar-refractivity contribution in [1.29, 1.82) is 0 Å². The standard InChI is InChI=1S/C16H15BrO4S/c1-3-12-4-7-14(8-5-12)22(19,20)21-16-9-6-13(17)10-15(16)11(2)18/h4-10H,3H2,1-2H3. The molecule has 0 aromatic heterocycles. The lowest BCUT2D eigenvalue weighted by Crippen LogP contribution is -2.12. The topological polar surface area (TPSA) is 60.4 Å². The number of halogens is 1. The maximum absolute atomic E-state index is 12.3. The number of hydrogen-bond acceptors (Lipinski definition) is 4. The Kier molecular flexibility index (Phi) is 5.03. The van der Waals surface area contributed by atoms with E-state index in [4.69, 9.17) is 4.18 Å². The Hall–Kier alpha value is -1.66. The van der Waals surface area contributed by atoms with Gasteiger partial charge in [0, 0.05) is 4.47 Å². The first kappa shape index (κ1) is 16.7. The van der Waals surface area contributed by atoms with E-state index >= 15 is 0 Å². The van der Waals surface area contributed by atoms with Crippen LogP contribution >= 0.6 is 15.9 Å². The lowest BCUT2D eigenvalue weighted by Gasteiger charge is -2.10. The summed E-state index contributed by atoms with van der Waals surface area (Å²) in [5, 5.41) is 0. The Morgan fingerprint density at radius 3 is 2.32 bits per heavy atom. The summed E-state index contributed by atoms with van der Waals surface area (Å²) in [5.41, 5.74) is 1.25. The van der Waals surface area contributed by atoms with Crippen LogP contribution in [0.4, 0.5) is 0 Å². The predicted molar refractivity (Wildman–Crippen MR) is 87.8 cm³/mol. The van der Waals surface area contributed by atoms with Crippen LogP contribution in [0.15, 0.2) is 51.8 Å². The van der Waals surface area contributed by atoms with Crippen molar-refractivity contribution in [2.24, 2.45) is 0 Å². The first-order chi connectivity index (χ1) is 10.3. The van der Waals surface area contributed by atoms with Crippen molar-refractivity contribution in [3.63, 3.8) is 0 Å². The minimum absolute atomic E-state index is 0.0234. The van der Waals surface area contributed by atoms with Gasteiger partial charge >= 0.3 is 10.1 Å². The van der Waals surface area contributed by atoms with Gasteiger partial charge in [0.25, 0.3) is 0 Å². The van der Waals surface area contributed by atoms with Crippen molar-refractivity contribution >= 4 is 31.8 Å². The molecule has 0 heterocycles. The second-order valence-electron chi connectivity index (χ2n) is 4.73. The Balaban J connectivity index is 2.38.